The third kappa shape index (κ3) is 4.82. The van der Waals surface area contributed by atoms with Gasteiger partial charge in [-0.25, -0.2) is 0 Å². The number of hydrogen-bond acceptors (Lipinski definition) is 4. The Kier molecular flexibility index (Phi) is 6.70. The van der Waals surface area contributed by atoms with Crippen molar-refractivity contribution in [3.8, 4) is 5.75 Å². The van der Waals surface area contributed by atoms with Crippen molar-refractivity contribution < 1.29 is 9.47 Å². The molecule has 1 aromatic carbocycles. The molecule has 4 nitrogen and oxygen atoms in total. The Labute approximate surface area is 145 Å². The van der Waals surface area contributed by atoms with Crippen LogP contribution in [-0.4, -0.2) is 51.4 Å². The summed E-state index contributed by atoms with van der Waals surface area (Å²) in [5.41, 5.74) is 1.36. The fourth-order valence-corrected chi connectivity index (χ4v) is 3.64. The summed E-state index contributed by atoms with van der Waals surface area (Å²) in [7, 11) is 1.72. The Hall–Kier alpha value is -1.36. The average Bonchev–Trinajstić information content (AvgIpc) is 2.67. The minimum Gasteiger partial charge on any atom is -0.497 e. The van der Waals surface area contributed by atoms with Crippen LogP contribution in [0.15, 0.2) is 36.4 Å². The van der Waals surface area contributed by atoms with E-state index in [1.165, 1.54) is 24.8 Å². The lowest BCUT2D eigenvalue weighted by Gasteiger charge is -2.35. The third-order valence-electron chi connectivity index (χ3n) is 5.14. The standard InChI is InChI=1S/C20H30N2O2/c1-23-19-9-7-18(8-10-19)20(22-11-13-24-14-12-22)16-21-15-17-5-3-2-4-6-17/h2-3,7-10,17,20-21H,4-6,11-16H2,1H3/t17-,20+/m0/s1. The predicted molar refractivity (Wildman–Crippen MR) is 97.5 cm³/mol. The van der Waals surface area contributed by atoms with Crippen LogP contribution in [0.25, 0.3) is 0 Å². The number of rotatable bonds is 7. The van der Waals surface area contributed by atoms with Crippen LogP contribution in [0, 0.1) is 5.92 Å². The van der Waals surface area contributed by atoms with Crippen molar-refractivity contribution >= 4 is 0 Å². The second-order valence-corrected chi connectivity index (χ2v) is 6.75. The SMILES string of the molecule is COc1ccc([C@@H](CNC[C@H]2CC=CCC2)N2CCOCC2)cc1. The van der Waals surface area contributed by atoms with E-state index in [0.29, 0.717) is 6.04 Å². The van der Waals surface area contributed by atoms with E-state index in [-0.39, 0.29) is 0 Å². The number of nitrogens with zero attached hydrogens (tertiary/aromatic N) is 1. The van der Waals surface area contributed by atoms with Crippen LogP contribution in [0.5, 0.6) is 5.75 Å². The maximum absolute atomic E-state index is 5.53. The molecule has 0 aromatic heterocycles. The zero-order valence-corrected chi connectivity index (χ0v) is 14.7. The van der Waals surface area contributed by atoms with Gasteiger partial charge in [-0.1, -0.05) is 24.3 Å². The van der Waals surface area contributed by atoms with Crippen molar-refractivity contribution in [2.24, 2.45) is 5.92 Å². The van der Waals surface area contributed by atoms with E-state index in [2.05, 4.69) is 46.6 Å². The van der Waals surface area contributed by atoms with Gasteiger partial charge < -0.3 is 14.8 Å². The number of nitrogens with one attached hydrogen (secondary N) is 1. The van der Waals surface area contributed by atoms with Crippen LogP contribution in [0.4, 0.5) is 0 Å². The van der Waals surface area contributed by atoms with Crippen molar-refractivity contribution in [2.75, 3.05) is 46.5 Å². The van der Waals surface area contributed by atoms with Crippen LogP contribution < -0.4 is 10.1 Å². The number of ether oxygens (including phenoxy) is 2. The van der Waals surface area contributed by atoms with Crippen molar-refractivity contribution in [1.29, 1.82) is 0 Å². The Morgan fingerprint density at radius 2 is 2.00 bits per heavy atom. The third-order valence-corrected chi connectivity index (χ3v) is 5.14. The Morgan fingerprint density at radius 1 is 1.21 bits per heavy atom. The van der Waals surface area contributed by atoms with Crippen LogP contribution in [0.1, 0.15) is 30.9 Å². The van der Waals surface area contributed by atoms with Gasteiger partial charge in [0.2, 0.25) is 0 Å². The normalized spacial score (nSPS) is 23.1. The molecule has 4 heteroatoms. The summed E-state index contributed by atoms with van der Waals surface area (Å²) in [6.45, 7) is 5.78. The van der Waals surface area contributed by atoms with Crippen LogP contribution in [0.3, 0.4) is 0 Å². The summed E-state index contributed by atoms with van der Waals surface area (Å²) >= 11 is 0. The molecule has 3 rings (SSSR count). The zero-order valence-electron chi connectivity index (χ0n) is 14.7. The summed E-state index contributed by atoms with van der Waals surface area (Å²) in [4.78, 5) is 2.54. The highest BCUT2D eigenvalue weighted by Crippen LogP contribution is 2.24. The summed E-state index contributed by atoms with van der Waals surface area (Å²) in [5, 5.41) is 3.73. The molecule has 0 spiro atoms. The van der Waals surface area contributed by atoms with Crippen molar-refractivity contribution in [3.63, 3.8) is 0 Å². The molecule has 1 heterocycles. The molecular formula is C20H30N2O2. The van der Waals surface area contributed by atoms with Gasteiger partial charge in [-0.15, -0.1) is 0 Å². The molecule has 2 aliphatic rings. The second-order valence-electron chi connectivity index (χ2n) is 6.75. The monoisotopic (exact) mass is 330 g/mol. The molecule has 1 aliphatic carbocycles. The quantitative estimate of drug-likeness (QED) is 0.779. The van der Waals surface area contributed by atoms with Gasteiger partial charge in [0.15, 0.2) is 0 Å². The van der Waals surface area contributed by atoms with Gasteiger partial charge in [-0.05, 0) is 49.4 Å². The summed E-state index contributed by atoms with van der Waals surface area (Å²) < 4.78 is 10.8. The molecule has 0 unspecified atom stereocenters. The van der Waals surface area contributed by atoms with Gasteiger partial charge in [0, 0.05) is 25.7 Å². The molecule has 1 saturated heterocycles. The Balaban J connectivity index is 1.61. The largest absolute Gasteiger partial charge is 0.497 e. The maximum Gasteiger partial charge on any atom is 0.118 e. The Bertz CT molecular complexity index is 509. The minimum atomic E-state index is 0.402. The second kappa shape index (κ2) is 9.21. The molecule has 2 atom stereocenters. The fraction of sp³-hybridized carbons (Fsp3) is 0.600. The van der Waals surface area contributed by atoms with E-state index in [1.807, 2.05) is 0 Å². The lowest BCUT2D eigenvalue weighted by atomic mass is 9.94. The van der Waals surface area contributed by atoms with Crippen LogP contribution in [0.2, 0.25) is 0 Å². The highest BCUT2D eigenvalue weighted by atomic mass is 16.5. The smallest absolute Gasteiger partial charge is 0.118 e. The first kappa shape index (κ1) is 17.5. The molecule has 24 heavy (non-hydrogen) atoms. The van der Waals surface area contributed by atoms with Gasteiger partial charge in [0.05, 0.1) is 20.3 Å². The first-order chi connectivity index (χ1) is 11.9. The van der Waals surface area contributed by atoms with Gasteiger partial charge in [-0.2, -0.15) is 0 Å². The number of morpholine rings is 1. The molecule has 0 radical (unpaired) electrons. The van der Waals surface area contributed by atoms with E-state index in [1.54, 1.807) is 7.11 Å². The van der Waals surface area contributed by atoms with E-state index in [4.69, 9.17) is 9.47 Å². The molecule has 132 valence electrons. The molecule has 0 amide bonds. The van der Waals surface area contributed by atoms with Crippen molar-refractivity contribution in [2.45, 2.75) is 25.3 Å². The maximum atomic E-state index is 5.53. The molecule has 0 bridgehead atoms. The van der Waals surface area contributed by atoms with Gasteiger partial charge >= 0.3 is 0 Å². The first-order valence-electron chi connectivity index (χ1n) is 9.18. The van der Waals surface area contributed by atoms with Gasteiger partial charge in [0.25, 0.3) is 0 Å². The highest BCUT2D eigenvalue weighted by molar-refractivity contribution is 5.29. The lowest BCUT2D eigenvalue weighted by Crippen LogP contribution is -2.43. The van der Waals surface area contributed by atoms with E-state index < -0.39 is 0 Å². The molecule has 0 saturated carbocycles. The van der Waals surface area contributed by atoms with Gasteiger partial charge in [-0.3, -0.25) is 4.90 Å². The highest BCUT2D eigenvalue weighted by Gasteiger charge is 2.23. The zero-order chi connectivity index (χ0) is 16.6. The summed E-state index contributed by atoms with van der Waals surface area (Å²) in [5.74, 6) is 1.71. The fourth-order valence-electron chi connectivity index (χ4n) is 3.64. The predicted octanol–water partition coefficient (Wildman–Crippen LogP) is 3.01. The molecule has 1 N–H and O–H groups in total. The molecule has 1 fully saturated rings. The number of methoxy groups -OCH3 is 1. The molecule has 1 aromatic rings. The van der Waals surface area contributed by atoms with Crippen LogP contribution in [-0.2, 0) is 4.74 Å². The van der Waals surface area contributed by atoms with Crippen molar-refractivity contribution in [3.05, 3.63) is 42.0 Å². The topological polar surface area (TPSA) is 33.7 Å². The first-order valence-corrected chi connectivity index (χ1v) is 9.18. The number of hydrogen-bond donors (Lipinski definition) is 1. The molecule has 1 aliphatic heterocycles. The average molecular weight is 330 g/mol. The number of benzene rings is 1. The van der Waals surface area contributed by atoms with E-state index in [9.17, 15) is 0 Å². The minimum absolute atomic E-state index is 0.402. The lowest BCUT2D eigenvalue weighted by molar-refractivity contribution is 0.0160. The van der Waals surface area contributed by atoms with E-state index >= 15 is 0 Å². The number of allylic oxidation sites excluding steroid dienone is 2. The van der Waals surface area contributed by atoms with Crippen LogP contribution >= 0.6 is 0 Å². The van der Waals surface area contributed by atoms with Crippen molar-refractivity contribution in [1.82, 2.24) is 10.2 Å². The Morgan fingerprint density at radius 3 is 2.67 bits per heavy atom. The van der Waals surface area contributed by atoms with E-state index in [0.717, 1.165) is 51.1 Å². The summed E-state index contributed by atoms with van der Waals surface area (Å²) in [6.07, 6.45) is 8.41. The summed E-state index contributed by atoms with van der Waals surface area (Å²) in [6, 6.07) is 8.93. The van der Waals surface area contributed by atoms with Gasteiger partial charge in [0.1, 0.15) is 5.75 Å². The molecular weight excluding hydrogens is 300 g/mol.